The topological polar surface area (TPSA) is 38.5 Å². The number of hydrogen-bond donors (Lipinski definition) is 1. The molecule has 2 N–H and O–H groups in total. The third kappa shape index (κ3) is 3.43. The molecule has 2 rings (SSSR count). The molecule has 1 atom stereocenters. The summed E-state index contributed by atoms with van der Waals surface area (Å²) in [7, 11) is 0. The molecule has 0 bridgehead atoms. The molecule has 1 aromatic carbocycles. The summed E-state index contributed by atoms with van der Waals surface area (Å²) in [6, 6.07) is 4.40. The van der Waals surface area contributed by atoms with E-state index in [0.29, 0.717) is 12.4 Å². The van der Waals surface area contributed by atoms with Crippen LogP contribution in [-0.2, 0) is 0 Å². The first-order valence-electron chi connectivity index (χ1n) is 6.57. The Morgan fingerprint density at radius 3 is 2.78 bits per heavy atom. The van der Waals surface area contributed by atoms with Crippen LogP contribution in [0.1, 0.15) is 31.4 Å². The molecule has 1 aromatic rings. The predicted octanol–water partition coefficient (Wildman–Crippen LogP) is 2.32. The summed E-state index contributed by atoms with van der Waals surface area (Å²) < 4.78 is 18.9. The molecule has 0 aliphatic carbocycles. The average Bonchev–Trinajstić information content (AvgIpc) is 2.82. The zero-order valence-corrected chi connectivity index (χ0v) is 10.9. The van der Waals surface area contributed by atoms with Crippen LogP contribution in [0.15, 0.2) is 18.2 Å². The Balaban J connectivity index is 1.92. The maximum Gasteiger partial charge on any atom is 0.127 e. The van der Waals surface area contributed by atoms with Gasteiger partial charge in [-0.15, -0.1) is 0 Å². The van der Waals surface area contributed by atoms with Gasteiger partial charge in [0.05, 0.1) is 0 Å². The second-order valence-corrected chi connectivity index (χ2v) is 4.87. The van der Waals surface area contributed by atoms with E-state index in [2.05, 4.69) is 4.90 Å². The van der Waals surface area contributed by atoms with Gasteiger partial charge in [0.1, 0.15) is 18.2 Å². The van der Waals surface area contributed by atoms with Crippen LogP contribution in [0.3, 0.4) is 0 Å². The van der Waals surface area contributed by atoms with E-state index in [1.165, 1.54) is 25.0 Å². The number of nitrogens with two attached hydrogens (primary N) is 1. The van der Waals surface area contributed by atoms with E-state index >= 15 is 0 Å². The van der Waals surface area contributed by atoms with Gasteiger partial charge in [0.25, 0.3) is 0 Å². The fourth-order valence-corrected chi connectivity index (χ4v) is 2.30. The summed E-state index contributed by atoms with van der Waals surface area (Å²) in [5.74, 6) is 0.291. The van der Waals surface area contributed by atoms with Gasteiger partial charge in [0, 0.05) is 24.2 Å². The Hall–Kier alpha value is -1.13. The third-order valence-electron chi connectivity index (χ3n) is 3.33. The van der Waals surface area contributed by atoms with E-state index in [4.69, 9.17) is 10.5 Å². The van der Waals surface area contributed by atoms with Crippen LogP contribution in [0.25, 0.3) is 0 Å². The van der Waals surface area contributed by atoms with E-state index in [-0.39, 0.29) is 11.9 Å². The summed E-state index contributed by atoms with van der Waals surface area (Å²) in [5.41, 5.74) is 6.70. The quantitative estimate of drug-likeness (QED) is 0.874. The van der Waals surface area contributed by atoms with Crippen LogP contribution in [-0.4, -0.2) is 31.1 Å². The van der Waals surface area contributed by atoms with Gasteiger partial charge in [-0.05, 0) is 38.9 Å². The molecule has 0 unspecified atom stereocenters. The normalized spacial score (nSPS) is 17.9. The molecule has 3 nitrogen and oxygen atoms in total. The minimum Gasteiger partial charge on any atom is -0.492 e. The van der Waals surface area contributed by atoms with Crippen molar-refractivity contribution in [3.8, 4) is 5.75 Å². The Labute approximate surface area is 108 Å². The summed E-state index contributed by atoms with van der Waals surface area (Å²) in [4.78, 5) is 2.37. The van der Waals surface area contributed by atoms with Crippen molar-refractivity contribution in [2.24, 2.45) is 5.73 Å². The second kappa shape index (κ2) is 6.16. The van der Waals surface area contributed by atoms with Crippen molar-refractivity contribution in [1.82, 2.24) is 4.90 Å². The molecule has 1 saturated heterocycles. The minimum atomic E-state index is -0.282. The van der Waals surface area contributed by atoms with Crippen LogP contribution >= 0.6 is 0 Å². The number of likely N-dealkylation sites (tertiary alicyclic amines) is 1. The second-order valence-electron chi connectivity index (χ2n) is 4.87. The van der Waals surface area contributed by atoms with Crippen molar-refractivity contribution in [3.05, 3.63) is 29.6 Å². The zero-order chi connectivity index (χ0) is 13.0. The first-order valence-corrected chi connectivity index (χ1v) is 6.57. The Morgan fingerprint density at radius 2 is 2.11 bits per heavy atom. The van der Waals surface area contributed by atoms with Crippen LogP contribution in [0.5, 0.6) is 5.75 Å². The summed E-state index contributed by atoms with van der Waals surface area (Å²) in [5, 5.41) is 0. The SMILES string of the molecule is C[C@H](N)c1ccc(F)cc1OCCN1CCCC1. The number of hydrogen-bond acceptors (Lipinski definition) is 3. The monoisotopic (exact) mass is 252 g/mol. The van der Waals surface area contributed by atoms with Crippen molar-refractivity contribution in [1.29, 1.82) is 0 Å². The molecule has 1 aliphatic heterocycles. The van der Waals surface area contributed by atoms with Gasteiger partial charge < -0.3 is 10.5 Å². The van der Waals surface area contributed by atoms with Crippen LogP contribution < -0.4 is 10.5 Å². The smallest absolute Gasteiger partial charge is 0.127 e. The van der Waals surface area contributed by atoms with Crippen LogP contribution in [0, 0.1) is 5.82 Å². The van der Waals surface area contributed by atoms with Gasteiger partial charge in [-0.1, -0.05) is 6.07 Å². The first-order chi connectivity index (χ1) is 8.66. The standard InChI is InChI=1S/C14H21FN2O/c1-11(16)13-5-4-12(15)10-14(13)18-9-8-17-6-2-3-7-17/h4-5,10-11H,2-3,6-9,16H2,1H3/t11-/m0/s1. The first kappa shape index (κ1) is 13.3. The van der Waals surface area contributed by atoms with Crippen LogP contribution in [0.4, 0.5) is 4.39 Å². The Bertz CT molecular complexity index is 389. The molecule has 0 aromatic heterocycles. The third-order valence-corrected chi connectivity index (χ3v) is 3.33. The van der Waals surface area contributed by atoms with Crippen molar-refractivity contribution < 1.29 is 9.13 Å². The predicted molar refractivity (Wildman–Crippen MR) is 70.2 cm³/mol. The van der Waals surface area contributed by atoms with Gasteiger partial charge in [-0.2, -0.15) is 0 Å². The highest BCUT2D eigenvalue weighted by Gasteiger charge is 2.13. The fourth-order valence-electron chi connectivity index (χ4n) is 2.30. The molecule has 18 heavy (non-hydrogen) atoms. The van der Waals surface area contributed by atoms with E-state index < -0.39 is 0 Å². The zero-order valence-electron chi connectivity index (χ0n) is 10.9. The van der Waals surface area contributed by atoms with Crippen molar-refractivity contribution in [2.45, 2.75) is 25.8 Å². The lowest BCUT2D eigenvalue weighted by molar-refractivity contribution is 0.235. The lowest BCUT2D eigenvalue weighted by Gasteiger charge is -2.17. The highest BCUT2D eigenvalue weighted by atomic mass is 19.1. The van der Waals surface area contributed by atoms with Gasteiger partial charge in [-0.3, -0.25) is 4.90 Å². The molecule has 100 valence electrons. The van der Waals surface area contributed by atoms with Crippen molar-refractivity contribution in [2.75, 3.05) is 26.2 Å². The molecular formula is C14H21FN2O. The van der Waals surface area contributed by atoms with Gasteiger partial charge in [-0.25, -0.2) is 4.39 Å². The largest absolute Gasteiger partial charge is 0.492 e. The van der Waals surface area contributed by atoms with Gasteiger partial charge in [0.2, 0.25) is 0 Å². The van der Waals surface area contributed by atoms with E-state index in [1.807, 2.05) is 6.92 Å². The maximum absolute atomic E-state index is 13.2. The van der Waals surface area contributed by atoms with Crippen molar-refractivity contribution >= 4 is 0 Å². The van der Waals surface area contributed by atoms with Crippen LogP contribution in [0.2, 0.25) is 0 Å². The van der Waals surface area contributed by atoms with E-state index in [9.17, 15) is 4.39 Å². The molecule has 1 aliphatic rings. The van der Waals surface area contributed by atoms with Gasteiger partial charge >= 0.3 is 0 Å². The van der Waals surface area contributed by atoms with Crippen molar-refractivity contribution in [3.63, 3.8) is 0 Å². The molecule has 0 spiro atoms. The highest BCUT2D eigenvalue weighted by molar-refractivity contribution is 5.36. The number of benzene rings is 1. The number of halogens is 1. The molecule has 0 saturated carbocycles. The van der Waals surface area contributed by atoms with E-state index in [0.717, 1.165) is 25.2 Å². The molecule has 0 radical (unpaired) electrons. The number of nitrogens with zero attached hydrogens (tertiary/aromatic N) is 1. The summed E-state index contributed by atoms with van der Waals surface area (Å²) >= 11 is 0. The minimum absolute atomic E-state index is 0.146. The Morgan fingerprint density at radius 1 is 1.39 bits per heavy atom. The van der Waals surface area contributed by atoms with Gasteiger partial charge in [0.15, 0.2) is 0 Å². The summed E-state index contributed by atoms with van der Waals surface area (Å²) in [6.07, 6.45) is 2.54. The highest BCUT2D eigenvalue weighted by Crippen LogP contribution is 2.24. The Kier molecular flexibility index (Phi) is 4.55. The average molecular weight is 252 g/mol. The summed E-state index contributed by atoms with van der Waals surface area (Å²) in [6.45, 7) is 5.65. The molecule has 1 fully saturated rings. The lowest BCUT2D eigenvalue weighted by Crippen LogP contribution is -2.25. The fraction of sp³-hybridized carbons (Fsp3) is 0.571. The molecular weight excluding hydrogens is 231 g/mol. The van der Waals surface area contributed by atoms with E-state index in [1.54, 1.807) is 6.07 Å². The molecule has 4 heteroatoms. The number of ether oxygens (including phenoxy) is 1. The number of rotatable bonds is 5. The molecule has 1 heterocycles. The molecule has 0 amide bonds. The maximum atomic E-state index is 13.2. The lowest BCUT2D eigenvalue weighted by atomic mass is 10.1.